The Morgan fingerprint density at radius 3 is 2.45 bits per heavy atom. The van der Waals surface area contributed by atoms with Crippen LogP contribution in [0.5, 0.6) is 0 Å². The lowest BCUT2D eigenvalue weighted by atomic mass is 9.93. The van der Waals surface area contributed by atoms with Gasteiger partial charge in [0.05, 0.1) is 6.54 Å². The number of nitrogens with zero attached hydrogens (tertiary/aromatic N) is 2. The first-order valence-corrected chi connectivity index (χ1v) is 10.3. The highest BCUT2D eigenvalue weighted by Crippen LogP contribution is 2.48. The number of halogens is 4. The van der Waals surface area contributed by atoms with Crippen molar-refractivity contribution in [2.24, 2.45) is 10.9 Å². The van der Waals surface area contributed by atoms with Gasteiger partial charge in [0.1, 0.15) is 5.82 Å². The van der Waals surface area contributed by atoms with Crippen LogP contribution in [0.4, 0.5) is 17.6 Å². The molecule has 0 radical (unpaired) electrons. The van der Waals surface area contributed by atoms with Gasteiger partial charge in [0.15, 0.2) is 5.96 Å². The summed E-state index contributed by atoms with van der Waals surface area (Å²) in [4.78, 5) is 5.73. The summed E-state index contributed by atoms with van der Waals surface area (Å²) in [6, 6.07) is 6.93. The third-order valence-electron chi connectivity index (χ3n) is 6.07. The minimum absolute atomic E-state index is 0.158. The number of nitrogens with one attached hydrogen (secondary N) is 2. The van der Waals surface area contributed by atoms with Gasteiger partial charge >= 0.3 is 6.18 Å². The molecule has 0 amide bonds. The second-order valence-electron chi connectivity index (χ2n) is 8.24. The van der Waals surface area contributed by atoms with E-state index >= 15 is 0 Å². The van der Waals surface area contributed by atoms with E-state index < -0.39 is 12.7 Å². The SMILES string of the molecule is CN=C(NCCC1CCN(CC(F)(F)F)CC1)NCC1(c2ccccc2F)CC1. The molecule has 1 saturated heterocycles. The van der Waals surface area contributed by atoms with Crippen molar-refractivity contribution < 1.29 is 17.6 Å². The molecule has 1 aliphatic heterocycles. The van der Waals surface area contributed by atoms with Crippen LogP contribution in [-0.2, 0) is 5.41 Å². The molecular formula is C21H30F4N4. The molecule has 0 unspecified atom stereocenters. The van der Waals surface area contributed by atoms with Crippen molar-refractivity contribution in [2.75, 3.05) is 39.8 Å². The standard InChI is InChI=1S/C21H30F4N4/c1-26-19(28-14-20(9-10-20)17-4-2-3-5-18(17)22)27-11-6-16-7-12-29(13-8-16)15-21(23,24)25/h2-5,16H,6-15H2,1H3,(H2,26,27,28). The monoisotopic (exact) mass is 414 g/mol. The largest absolute Gasteiger partial charge is 0.401 e. The molecule has 1 aromatic carbocycles. The molecule has 4 nitrogen and oxygen atoms in total. The Hall–Kier alpha value is -1.83. The first-order valence-electron chi connectivity index (χ1n) is 10.3. The second-order valence-corrected chi connectivity index (χ2v) is 8.24. The van der Waals surface area contributed by atoms with E-state index in [9.17, 15) is 17.6 Å². The lowest BCUT2D eigenvalue weighted by molar-refractivity contribution is -0.148. The summed E-state index contributed by atoms with van der Waals surface area (Å²) in [5.74, 6) is 0.951. The summed E-state index contributed by atoms with van der Waals surface area (Å²) >= 11 is 0. The molecule has 162 valence electrons. The third-order valence-corrected chi connectivity index (χ3v) is 6.07. The van der Waals surface area contributed by atoms with Crippen LogP contribution in [0, 0.1) is 11.7 Å². The fourth-order valence-corrected chi connectivity index (χ4v) is 4.14. The molecule has 1 heterocycles. The van der Waals surface area contributed by atoms with Crippen LogP contribution >= 0.6 is 0 Å². The van der Waals surface area contributed by atoms with Crippen molar-refractivity contribution in [3.8, 4) is 0 Å². The smallest absolute Gasteiger partial charge is 0.356 e. The summed E-state index contributed by atoms with van der Waals surface area (Å²) in [6.45, 7) is 1.54. The highest BCUT2D eigenvalue weighted by atomic mass is 19.4. The Bertz CT molecular complexity index is 692. The minimum atomic E-state index is -4.12. The molecule has 1 saturated carbocycles. The van der Waals surface area contributed by atoms with E-state index in [1.165, 1.54) is 11.0 Å². The van der Waals surface area contributed by atoms with Crippen LogP contribution in [0.25, 0.3) is 0 Å². The summed E-state index contributed by atoms with van der Waals surface area (Å²) < 4.78 is 51.5. The number of hydrogen-bond donors (Lipinski definition) is 2. The van der Waals surface area contributed by atoms with E-state index in [4.69, 9.17) is 0 Å². The molecule has 0 atom stereocenters. The van der Waals surface area contributed by atoms with Crippen molar-refractivity contribution in [3.05, 3.63) is 35.6 Å². The van der Waals surface area contributed by atoms with Gasteiger partial charge in [0.25, 0.3) is 0 Å². The van der Waals surface area contributed by atoms with Crippen molar-refractivity contribution in [3.63, 3.8) is 0 Å². The number of benzene rings is 1. The molecule has 3 rings (SSSR count). The van der Waals surface area contributed by atoms with Gasteiger partial charge in [-0.05, 0) is 62.7 Å². The zero-order valence-corrected chi connectivity index (χ0v) is 16.9. The maximum absolute atomic E-state index is 14.1. The Kier molecular flexibility index (Phi) is 7.03. The van der Waals surface area contributed by atoms with Crippen molar-refractivity contribution in [1.29, 1.82) is 0 Å². The van der Waals surface area contributed by atoms with Crippen molar-refractivity contribution in [1.82, 2.24) is 15.5 Å². The molecule has 1 aliphatic carbocycles. The van der Waals surface area contributed by atoms with E-state index in [1.807, 2.05) is 12.1 Å². The van der Waals surface area contributed by atoms with Gasteiger partial charge in [-0.25, -0.2) is 4.39 Å². The number of hydrogen-bond acceptors (Lipinski definition) is 2. The molecule has 29 heavy (non-hydrogen) atoms. The molecule has 0 bridgehead atoms. The van der Waals surface area contributed by atoms with Crippen LogP contribution in [0.15, 0.2) is 29.3 Å². The highest BCUT2D eigenvalue weighted by molar-refractivity contribution is 5.79. The summed E-state index contributed by atoms with van der Waals surface area (Å²) in [5, 5.41) is 6.59. The number of aliphatic imine (C=N–C) groups is 1. The van der Waals surface area contributed by atoms with Crippen LogP contribution in [0.1, 0.15) is 37.7 Å². The number of rotatable bonds is 7. The topological polar surface area (TPSA) is 39.7 Å². The average molecular weight is 414 g/mol. The van der Waals surface area contributed by atoms with Gasteiger partial charge in [0, 0.05) is 25.6 Å². The Morgan fingerprint density at radius 1 is 1.17 bits per heavy atom. The summed E-state index contributed by atoms with van der Waals surface area (Å²) in [6.07, 6.45) is 0.274. The minimum Gasteiger partial charge on any atom is -0.356 e. The number of alkyl halides is 3. The molecule has 0 aromatic heterocycles. The third kappa shape index (κ3) is 6.32. The normalized spacial score (nSPS) is 20.5. The lowest BCUT2D eigenvalue weighted by Crippen LogP contribution is -2.43. The summed E-state index contributed by atoms with van der Waals surface area (Å²) in [7, 11) is 1.70. The van der Waals surface area contributed by atoms with Crippen LogP contribution in [0.3, 0.4) is 0 Å². The van der Waals surface area contributed by atoms with E-state index in [0.29, 0.717) is 31.5 Å². The molecule has 2 aliphatic rings. The predicted octanol–water partition coefficient (Wildman–Crippen LogP) is 3.69. The second kappa shape index (κ2) is 9.32. The van der Waals surface area contributed by atoms with Crippen molar-refractivity contribution in [2.45, 2.75) is 43.7 Å². The van der Waals surface area contributed by atoms with E-state index in [2.05, 4.69) is 15.6 Å². The van der Waals surface area contributed by atoms with E-state index in [1.54, 1.807) is 13.1 Å². The van der Waals surface area contributed by atoms with Gasteiger partial charge in [-0.2, -0.15) is 13.2 Å². The Labute approximate surface area is 169 Å². The van der Waals surface area contributed by atoms with Crippen LogP contribution in [-0.4, -0.2) is 56.8 Å². The van der Waals surface area contributed by atoms with Gasteiger partial charge in [-0.1, -0.05) is 18.2 Å². The lowest BCUT2D eigenvalue weighted by Gasteiger charge is -2.32. The molecule has 1 aromatic rings. The fraction of sp³-hybridized carbons (Fsp3) is 0.667. The van der Waals surface area contributed by atoms with Gasteiger partial charge in [0.2, 0.25) is 0 Å². The first-order chi connectivity index (χ1) is 13.8. The van der Waals surface area contributed by atoms with Crippen LogP contribution < -0.4 is 10.6 Å². The number of likely N-dealkylation sites (tertiary alicyclic amines) is 1. The van der Waals surface area contributed by atoms with Gasteiger partial charge in [-0.3, -0.25) is 9.89 Å². The molecule has 2 fully saturated rings. The fourth-order valence-electron chi connectivity index (χ4n) is 4.14. The Balaban J connectivity index is 1.37. The quantitative estimate of drug-likeness (QED) is 0.406. The van der Waals surface area contributed by atoms with Gasteiger partial charge < -0.3 is 10.6 Å². The molecule has 8 heteroatoms. The first kappa shape index (κ1) is 21.9. The van der Waals surface area contributed by atoms with E-state index in [0.717, 1.165) is 44.2 Å². The number of guanidine groups is 1. The molecule has 2 N–H and O–H groups in total. The zero-order chi connectivity index (χ0) is 20.9. The maximum Gasteiger partial charge on any atom is 0.401 e. The predicted molar refractivity (Wildman–Crippen MR) is 107 cm³/mol. The average Bonchev–Trinajstić information content (AvgIpc) is 3.46. The van der Waals surface area contributed by atoms with Crippen LogP contribution in [0.2, 0.25) is 0 Å². The van der Waals surface area contributed by atoms with Crippen molar-refractivity contribution >= 4 is 5.96 Å². The number of piperidine rings is 1. The maximum atomic E-state index is 14.1. The highest BCUT2D eigenvalue weighted by Gasteiger charge is 2.45. The Morgan fingerprint density at radius 2 is 1.86 bits per heavy atom. The summed E-state index contributed by atoms with van der Waals surface area (Å²) in [5.41, 5.74) is 0.599. The van der Waals surface area contributed by atoms with E-state index in [-0.39, 0.29) is 11.2 Å². The van der Waals surface area contributed by atoms with Gasteiger partial charge in [-0.15, -0.1) is 0 Å². The molecular weight excluding hydrogens is 384 g/mol. The molecule has 0 spiro atoms. The zero-order valence-electron chi connectivity index (χ0n) is 16.9.